The molecule has 0 aromatic heterocycles. The number of amides is 2. The third kappa shape index (κ3) is 2.76. The molecule has 0 N–H and O–H groups in total. The summed E-state index contributed by atoms with van der Waals surface area (Å²) in [7, 11) is 0. The maximum absolute atomic E-state index is 13.0. The molecule has 4 rings (SSSR count). The quantitative estimate of drug-likeness (QED) is 0.830. The van der Waals surface area contributed by atoms with E-state index in [0.29, 0.717) is 13.1 Å². The molecule has 0 saturated carbocycles. The first-order valence-electron chi connectivity index (χ1n) is 9.72. The van der Waals surface area contributed by atoms with Crippen molar-refractivity contribution in [1.82, 2.24) is 9.80 Å². The second kappa shape index (κ2) is 6.15. The molecule has 0 radical (unpaired) electrons. The highest BCUT2D eigenvalue weighted by Gasteiger charge is 2.49. The van der Waals surface area contributed by atoms with Crippen molar-refractivity contribution in [2.45, 2.75) is 58.4 Å². The van der Waals surface area contributed by atoms with E-state index >= 15 is 0 Å². The summed E-state index contributed by atoms with van der Waals surface area (Å²) in [6.45, 7) is 6.31. The van der Waals surface area contributed by atoms with Crippen molar-refractivity contribution in [1.29, 1.82) is 0 Å². The number of carbonyl (C=O) groups is 2. The van der Waals surface area contributed by atoms with E-state index in [-0.39, 0.29) is 23.3 Å². The number of benzene rings is 1. The molecule has 1 spiro atoms. The van der Waals surface area contributed by atoms with Gasteiger partial charge in [0.25, 0.3) is 5.91 Å². The second-order valence-electron chi connectivity index (χ2n) is 8.29. The average Bonchev–Trinajstić information content (AvgIpc) is 3.23. The molecule has 1 aliphatic carbocycles. The van der Waals surface area contributed by atoms with Gasteiger partial charge in [0.05, 0.1) is 5.41 Å². The van der Waals surface area contributed by atoms with E-state index < -0.39 is 0 Å². The highest BCUT2D eigenvalue weighted by atomic mass is 16.2. The van der Waals surface area contributed by atoms with Gasteiger partial charge in [0, 0.05) is 31.2 Å². The summed E-state index contributed by atoms with van der Waals surface area (Å²) >= 11 is 0. The molecule has 25 heavy (non-hydrogen) atoms. The lowest BCUT2D eigenvalue weighted by Gasteiger charge is -2.41. The van der Waals surface area contributed by atoms with Gasteiger partial charge in [0.2, 0.25) is 5.91 Å². The zero-order valence-electron chi connectivity index (χ0n) is 15.4. The molecule has 0 bridgehead atoms. The lowest BCUT2D eigenvalue weighted by atomic mass is 9.78. The maximum atomic E-state index is 13.0. The largest absolute Gasteiger partial charge is 0.340 e. The highest BCUT2D eigenvalue weighted by Crippen LogP contribution is 2.41. The lowest BCUT2D eigenvalue weighted by molar-refractivity contribution is -0.147. The van der Waals surface area contributed by atoms with Gasteiger partial charge in [0.15, 0.2) is 0 Å². The van der Waals surface area contributed by atoms with Crippen molar-refractivity contribution in [3.05, 3.63) is 34.9 Å². The molecule has 2 fully saturated rings. The van der Waals surface area contributed by atoms with Gasteiger partial charge in [-0.15, -0.1) is 0 Å². The zero-order chi connectivity index (χ0) is 17.6. The number of aryl methyl sites for hydroxylation is 2. The number of fused-ring (bicyclic) bond motifs is 1. The van der Waals surface area contributed by atoms with Crippen molar-refractivity contribution in [3.63, 3.8) is 0 Å². The van der Waals surface area contributed by atoms with E-state index in [4.69, 9.17) is 0 Å². The first-order valence-corrected chi connectivity index (χ1v) is 9.72. The number of rotatable bonds is 2. The van der Waals surface area contributed by atoms with Crippen LogP contribution < -0.4 is 0 Å². The SMILES string of the molecule is CC(C)N1CCC[C@@]2(CCN(C(=O)c3ccc4c(c3)CCC4)C2)C1=O. The lowest BCUT2D eigenvalue weighted by Crippen LogP contribution is -2.52. The standard InChI is InChI=1S/C21H28N2O2/c1-15(2)23-11-4-9-21(20(23)25)10-12-22(14-21)19(24)18-8-7-16-5-3-6-17(16)13-18/h7-8,13,15H,3-6,9-12,14H2,1-2H3/t21-/m0/s1. The minimum absolute atomic E-state index is 0.0982. The molecule has 2 heterocycles. The van der Waals surface area contributed by atoms with Crippen LogP contribution >= 0.6 is 0 Å². The van der Waals surface area contributed by atoms with Gasteiger partial charge in [-0.3, -0.25) is 9.59 Å². The fourth-order valence-corrected chi connectivity index (χ4v) is 4.91. The number of carbonyl (C=O) groups excluding carboxylic acids is 2. The van der Waals surface area contributed by atoms with E-state index in [1.165, 1.54) is 17.5 Å². The Labute approximate surface area is 150 Å². The van der Waals surface area contributed by atoms with Gasteiger partial charge in [-0.25, -0.2) is 0 Å². The highest BCUT2D eigenvalue weighted by molar-refractivity contribution is 5.96. The number of likely N-dealkylation sites (tertiary alicyclic amines) is 2. The number of hydrogen-bond acceptors (Lipinski definition) is 2. The molecular weight excluding hydrogens is 312 g/mol. The van der Waals surface area contributed by atoms with Crippen LogP contribution in [0.4, 0.5) is 0 Å². The summed E-state index contributed by atoms with van der Waals surface area (Å²) in [6, 6.07) is 6.42. The second-order valence-corrected chi connectivity index (χ2v) is 8.29. The predicted octanol–water partition coefficient (Wildman–Crippen LogP) is 3.04. The van der Waals surface area contributed by atoms with Crippen LogP contribution in [0.2, 0.25) is 0 Å². The third-order valence-electron chi connectivity index (χ3n) is 6.38. The molecule has 3 aliphatic rings. The average molecular weight is 340 g/mol. The summed E-state index contributed by atoms with van der Waals surface area (Å²) < 4.78 is 0. The Morgan fingerprint density at radius 1 is 1.08 bits per heavy atom. The van der Waals surface area contributed by atoms with Gasteiger partial charge in [-0.2, -0.15) is 0 Å². The smallest absolute Gasteiger partial charge is 0.253 e. The van der Waals surface area contributed by atoms with Crippen molar-refractivity contribution in [3.8, 4) is 0 Å². The van der Waals surface area contributed by atoms with Crippen LogP contribution in [0.15, 0.2) is 18.2 Å². The minimum Gasteiger partial charge on any atom is -0.340 e. The molecular formula is C21H28N2O2. The topological polar surface area (TPSA) is 40.6 Å². The fourth-order valence-electron chi connectivity index (χ4n) is 4.91. The molecule has 2 amide bonds. The number of hydrogen-bond donors (Lipinski definition) is 0. The zero-order valence-corrected chi connectivity index (χ0v) is 15.4. The van der Waals surface area contributed by atoms with Gasteiger partial charge < -0.3 is 9.80 Å². The normalized spacial score (nSPS) is 26.0. The van der Waals surface area contributed by atoms with Crippen LogP contribution in [0.25, 0.3) is 0 Å². The summed E-state index contributed by atoms with van der Waals surface area (Å²) in [4.78, 5) is 30.0. The summed E-state index contributed by atoms with van der Waals surface area (Å²) in [5.74, 6) is 0.360. The monoisotopic (exact) mass is 340 g/mol. The first kappa shape index (κ1) is 16.6. The van der Waals surface area contributed by atoms with E-state index in [9.17, 15) is 9.59 Å². The molecule has 134 valence electrons. The van der Waals surface area contributed by atoms with Crippen LogP contribution in [0.5, 0.6) is 0 Å². The number of nitrogens with zero attached hydrogens (tertiary/aromatic N) is 2. The van der Waals surface area contributed by atoms with Crippen LogP contribution in [0.1, 0.15) is 61.0 Å². The summed E-state index contributed by atoms with van der Waals surface area (Å²) in [5, 5.41) is 0. The molecule has 2 saturated heterocycles. The molecule has 2 aliphatic heterocycles. The van der Waals surface area contributed by atoms with Gasteiger partial charge >= 0.3 is 0 Å². The molecule has 1 aromatic carbocycles. The van der Waals surface area contributed by atoms with Crippen molar-refractivity contribution in [2.24, 2.45) is 5.41 Å². The Balaban J connectivity index is 1.52. The van der Waals surface area contributed by atoms with Gasteiger partial charge in [-0.05, 0) is 75.6 Å². The van der Waals surface area contributed by atoms with Crippen LogP contribution in [0.3, 0.4) is 0 Å². The third-order valence-corrected chi connectivity index (χ3v) is 6.38. The van der Waals surface area contributed by atoms with E-state index in [0.717, 1.165) is 44.2 Å². The Kier molecular flexibility index (Phi) is 4.09. The van der Waals surface area contributed by atoms with E-state index in [2.05, 4.69) is 26.0 Å². The van der Waals surface area contributed by atoms with Gasteiger partial charge in [0.1, 0.15) is 0 Å². The Hall–Kier alpha value is -1.84. The summed E-state index contributed by atoms with van der Waals surface area (Å²) in [6.07, 6.45) is 6.19. The Morgan fingerprint density at radius 3 is 2.68 bits per heavy atom. The van der Waals surface area contributed by atoms with Crippen molar-refractivity contribution < 1.29 is 9.59 Å². The van der Waals surface area contributed by atoms with E-state index in [1.54, 1.807) is 0 Å². The Morgan fingerprint density at radius 2 is 1.88 bits per heavy atom. The fraction of sp³-hybridized carbons (Fsp3) is 0.619. The van der Waals surface area contributed by atoms with Crippen LogP contribution in [-0.4, -0.2) is 47.3 Å². The summed E-state index contributed by atoms with van der Waals surface area (Å²) in [5.41, 5.74) is 3.18. The van der Waals surface area contributed by atoms with Crippen molar-refractivity contribution in [2.75, 3.05) is 19.6 Å². The maximum Gasteiger partial charge on any atom is 0.253 e. The van der Waals surface area contributed by atoms with Crippen molar-refractivity contribution >= 4 is 11.8 Å². The predicted molar refractivity (Wildman–Crippen MR) is 97.5 cm³/mol. The minimum atomic E-state index is -0.338. The van der Waals surface area contributed by atoms with E-state index in [1.807, 2.05) is 15.9 Å². The van der Waals surface area contributed by atoms with Crippen LogP contribution in [-0.2, 0) is 17.6 Å². The molecule has 4 heteroatoms. The number of piperidine rings is 1. The molecule has 1 aromatic rings. The first-order chi connectivity index (χ1) is 12.0. The Bertz CT molecular complexity index is 712. The molecule has 4 nitrogen and oxygen atoms in total. The molecule has 0 unspecified atom stereocenters. The van der Waals surface area contributed by atoms with Gasteiger partial charge in [-0.1, -0.05) is 6.07 Å². The van der Waals surface area contributed by atoms with Crippen LogP contribution in [0, 0.1) is 5.41 Å². The molecule has 1 atom stereocenters.